The normalized spacial score (nSPS) is 10.2. The first-order valence-electron chi connectivity index (χ1n) is 7.55. The second-order valence-corrected chi connectivity index (χ2v) is 5.08. The molecule has 2 N–H and O–H groups in total. The minimum atomic E-state index is -0.614. The summed E-state index contributed by atoms with van der Waals surface area (Å²) in [7, 11) is 1.59. The number of halogens is 1. The quantitative estimate of drug-likeness (QED) is 0.767. The fourth-order valence-corrected chi connectivity index (χ4v) is 2.14. The van der Waals surface area contributed by atoms with E-state index in [9.17, 15) is 14.0 Å². The van der Waals surface area contributed by atoms with E-state index < -0.39 is 11.7 Å². The lowest BCUT2D eigenvalue weighted by atomic mass is 10.1. The minimum absolute atomic E-state index is 0.0761. The summed E-state index contributed by atoms with van der Waals surface area (Å²) < 4.78 is 18.6. The Morgan fingerprint density at radius 1 is 1.00 bits per heavy atom. The van der Waals surface area contributed by atoms with E-state index in [1.54, 1.807) is 37.4 Å². The Hall–Kier alpha value is -2.73. The number of rotatable bonds is 7. The highest BCUT2D eigenvalue weighted by Crippen LogP contribution is 2.17. The van der Waals surface area contributed by atoms with Crippen LogP contribution in [-0.4, -0.2) is 32.1 Å². The summed E-state index contributed by atoms with van der Waals surface area (Å²) >= 11 is 0. The molecule has 0 aromatic heterocycles. The topological polar surface area (TPSA) is 67.4 Å². The molecule has 0 unspecified atom stereocenters. The molecule has 5 nitrogen and oxygen atoms in total. The average Bonchev–Trinajstić information content (AvgIpc) is 2.59. The molecule has 2 rings (SSSR count). The standard InChI is InChI=1S/C18H19FN2O3/c1-24-12-6-11-20-17(22)14-8-3-5-10-16(14)21-18(23)13-7-2-4-9-15(13)19/h2-5,7-10H,6,11-12H2,1H3,(H,20,22)(H,21,23). The van der Waals surface area contributed by atoms with Crippen LogP contribution in [0.5, 0.6) is 0 Å². The maximum absolute atomic E-state index is 13.7. The van der Waals surface area contributed by atoms with Crippen LogP contribution in [0.15, 0.2) is 48.5 Å². The van der Waals surface area contributed by atoms with E-state index in [-0.39, 0.29) is 11.5 Å². The molecule has 0 aliphatic rings. The highest BCUT2D eigenvalue weighted by molar-refractivity contribution is 6.09. The van der Waals surface area contributed by atoms with Gasteiger partial charge < -0.3 is 15.4 Å². The van der Waals surface area contributed by atoms with Gasteiger partial charge in [-0.25, -0.2) is 4.39 Å². The number of anilines is 1. The molecule has 24 heavy (non-hydrogen) atoms. The van der Waals surface area contributed by atoms with Gasteiger partial charge in [0.15, 0.2) is 0 Å². The zero-order valence-corrected chi connectivity index (χ0v) is 13.3. The Morgan fingerprint density at radius 2 is 1.67 bits per heavy atom. The third-order valence-electron chi connectivity index (χ3n) is 3.35. The Morgan fingerprint density at radius 3 is 2.38 bits per heavy atom. The van der Waals surface area contributed by atoms with E-state index in [2.05, 4.69) is 10.6 Å². The highest BCUT2D eigenvalue weighted by atomic mass is 19.1. The first-order chi connectivity index (χ1) is 11.6. The smallest absolute Gasteiger partial charge is 0.258 e. The fraction of sp³-hybridized carbons (Fsp3) is 0.222. The SMILES string of the molecule is COCCCNC(=O)c1ccccc1NC(=O)c1ccccc1F. The Bertz CT molecular complexity index is 719. The molecular weight excluding hydrogens is 311 g/mol. The van der Waals surface area contributed by atoms with E-state index in [1.807, 2.05) is 0 Å². The van der Waals surface area contributed by atoms with Crippen molar-refractivity contribution in [2.45, 2.75) is 6.42 Å². The Labute approximate surface area is 139 Å². The maximum Gasteiger partial charge on any atom is 0.258 e. The third kappa shape index (κ3) is 4.63. The molecule has 0 heterocycles. The lowest BCUT2D eigenvalue weighted by Gasteiger charge is -2.11. The molecule has 0 saturated heterocycles. The number of hydrogen-bond donors (Lipinski definition) is 2. The van der Waals surface area contributed by atoms with Gasteiger partial charge in [0.1, 0.15) is 5.82 Å². The van der Waals surface area contributed by atoms with Crippen molar-refractivity contribution in [3.05, 3.63) is 65.5 Å². The number of amides is 2. The molecule has 0 bridgehead atoms. The summed E-state index contributed by atoms with van der Waals surface area (Å²) in [6.45, 7) is 1.01. The Kier molecular flexibility index (Phi) is 6.45. The average molecular weight is 330 g/mol. The van der Waals surface area contributed by atoms with Crippen molar-refractivity contribution < 1.29 is 18.7 Å². The van der Waals surface area contributed by atoms with Crippen molar-refractivity contribution in [3.63, 3.8) is 0 Å². The summed E-state index contributed by atoms with van der Waals surface area (Å²) in [5, 5.41) is 5.34. The van der Waals surface area contributed by atoms with Crippen LogP contribution in [0.1, 0.15) is 27.1 Å². The maximum atomic E-state index is 13.7. The number of methoxy groups -OCH3 is 1. The van der Waals surface area contributed by atoms with E-state index in [4.69, 9.17) is 4.74 Å². The molecule has 6 heteroatoms. The van der Waals surface area contributed by atoms with Crippen LogP contribution in [0, 0.1) is 5.82 Å². The largest absolute Gasteiger partial charge is 0.385 e. The van der Waals surface area contributed by atoms with Gasteiger partial charge in [0.05, 0.1) is 16.8 Å². The number of benzene rings is 2. The Balaban J connectivity index is 2.10. The number of nitrogens with one attached hydrogen (secondary N) is 2. The van der Waals surface area contributed by atoms with E-state index in [0.717, 1.165) is 0 Å². The number of carbonyl (C=O) groups excluding carboxylic acids is 2. The number of para-hydroxylation sites is 1. The van der Waals surface area contributed by atoms with Gasteiger partial charge >= 0.3 is 0 Å². The summed E-state index contributed by atoms with van der Waals surface area (Å²) in [5.74, 6) is -1.53. The van der Waals surface area contributed by atoms with Gasteiger partial charge in [-0.05, 0) is 30.7 Å². The van der Waals surface area contributed by atoms with Crippen LogP contribution >= 0.6 is 0 Å². The van der Waals surface area contributed by atoms with Crippen molar-refractivity contribution >= 4 is 17.5 Å². The lowest BCUT2D eigenvalue weighted by molar-refractivity contribution is 0.0949. The van der Waals surface area contributed by atoms with Crippen LogP contribution in [0.2, 0.25) is 0 Å². The van der Waals surface area contributed by atoms with Crippen LogP contribution in [0.4, 0.5) is 10.1 Å². The lowest BCUT2D eigenvalue weighted by Crippen LogP contribution is -2.26. The fourth-order valence-electron chi connectivity index (χ4n) is 2.14. The van der Waals surface area contributed by atoms with Gasteiger partial charge in [-0.1, -0.05) is 24.3 Å². The monoisotopic (exact) mass is 330 g/mol. The second kappa shape index (κ2) is 8.79. The van der Waals surface area contributed by atoms with Gasteiger partial charge in [0, 0.05) is 20.3 Å². The molecule has 126 valence electrons. The molecule has 0 radical (unpaired) electrons. The highest BCUT2D eigenvalue weighted by Gasteiger charge is 2.15. The molecule has 0 atom stereocenters. The van der Waals surface area contributed by atoms with Crippen LogP contribution in [-0.2, 0) is 4.74 Å². The zero-order valence-electron chi connectivity index (χ0n) is 13.3. The first-order valence-corrected chi connectivity index (χ1v) is 7.55. The van der Waals surface area contributed by atoms with E-state index >= 15 is 0 Å². The molecule has 0 saturated carbocycles. The number of carbonyl (C=O) groups is 2. The molecule has 0 aliphatic heterocycles. The summed E-state index contributed by atoms with van der Waals surface area (Å²) in [6.07, 6.45) is 0.687. The van der Waals surface area contributed by atoms with Gasteiger partial charge in [-0.15, -0.1) is 0 Å². The van der Waals surface area contributed by atoms with Crippen molar-refractivity contribution in [1.29, 1.82) is 0 Å². The van der Waals surface area contributed by atoms with Crippen molar-refractivity contribution in [1.82, 2.24) is 5.32 Å². The minimum Gasteiger partial charge on any atom is -0.385 e. The summed E-state index contributed by atoms with van der Waals surface area (Å²) in [6, 6.07) is 12.3. The van der Waals surface area contributed by atoms with Gasteiger partial charge in [0.2, 0.25) is 0 Å². The molecule has 0 spiro atoms. The van der Waals surface area contributed by atoms with Crippen LogP contribution < -0.4 is 10.6 Å². The van der Waals surface area contributed by atoms with Crippen LogP contribution in [0.3, 0.4) is 0 Å². The van der Waals surface area contributed by atoms with Crippen LogP contribution in [0.25, 0.3) is 0 Å². The molecule has 2 aromatic rings. The molecule has 2 aromatic carbocycles. The predicted molar refractivity (Wildman–Crippen MR) is 89.6 cm³/mol. The summed E-state index contributed by atoms with van der Waals surface area (Å²) in [4.78, 5) is 24.4. The summed E-state index contributed by atoms with van der Waals surface area (Å²) in [5.41, 5.74) is 0.572. The zero-order chi connectivity index (χ0) is 17.4. The van der Waals surface area contributed by atoms with Crippen molar-refractivity contribution in [2.24, 2.45) is 0 Å². The van der Waals surface area contributed by atoms with Gasteiger partial charge in [0.25, 0.3) is 11.8 Å². The molecule has 0 fully saturated rings. The van der Waals surface area contributed by atoms with Crippen molar-refractivity contribution in [3.8, 4) is 0 Å². The number of hydrogen-bond acceptors (Lipinski definition) is 3. The van der Waals surface area contributed by atoms with E-state index in [1.165, 1.54) is 18.2 Å². The van der Waals surface area contributed by atoms with Crippen molar-refractivity contribution in [2.75, 3.05) is 25.6 Å². The number of ether oxygens (including phenoxy) is 1. The van der Waals surface area contributed by atoms with Gasteiger partial charge in [-0.2, -0.15) is 0 Å². The second-order valence-electron chi connectivity index (χ2n) is 5.08. The molecule has 0 aliphatic carbocycles. The van der Waals surface area contributed by atoms with Gasteiger partial charge in [-0.3, -0.25) is 9.59 Å². The molecule has 2 amide bonds. The third-order valence-corrected chi connectivity index (χ3v) is 3.35. The molecular formula is C18H19FN2O3. The predicted octanol–water partition coefficient (Wildman–Crippen LogP) is 2.84. The van der Waals surface area contributed by atoms with E-state index in [0.29, 0.717) is 30.8 Å². The first kappa shape index (κ1) is 17.6.